The Morgan fingerprint density at radius 2 is 1.92 bits per heavy atom. The van der Waals surface area contributed by atoms with Crippen LogP contribution in [0.1, 0.15) is 25.7 Å². The highest BCUT2D eigenvalue weighted by molar-refractivity contribution is 5.84. The van der Waals surface area contributed by atoms with Gasteiger partial charge in [-0.3, -0.25) is 0 Å². The standard InChI is InChI=1S/C9H18N2O2/c12-8-2-1-5-11-6-3-9(10-13)4-7-11/h12-13H,1-8H2. The van der Waals surface area contributed by atoms with Crippen LogP contribution in [0.5, 0.6) is 0 Å². The first-order valence-corrected chi connectivity index (χ1v) is 4.90. The van der Waals surface area contributed by atoms with Crippen molar-refractivity contribution in [3.8, 4) is 0 Å². The van der Waals surface area contributed by atoms with E-state index in [-0.39, 0.29) is 6.61 Å². The number of aliphatic hydroxyl groups excluding tert-OH is 1. The van der Waals surface area contributed by atoms with E-state index in [2.05, 4.69) is 10.1 Å². The van der Waals surface area contributed by atoms with E-state index in [0.29, 0.717) is 0 Å². The third-order valence-corrected chi connectivity index (χ3v) is 2.46. The summed E-state index contributed by atoms with van der Waals surface area (Å²) < 4.78 is 0. The Morgan fingerprint density at radius 1 is 1.23 bits per heavy atom. The molecular formula is C9H18N2O2. The van der Waals surface area contributed by atoms with Gasteiger partial charge in [0.05, 0.1) is 5.71 Å². The SMILES string of the molecule is OCCCCN1CCC(=NO)CC1. The summed E-state index contributed by atoms with van der Waals surface area (Å²) in [4.78, 5) is 2.35. The number of piperidine rings is 1. The number of hydrogen-bond acceptors (Lipinski definition) is 4. The summed E-state index contributed by atoms with van der Waals surface area (Å²) in [5.41, 5.74) is 0.915. The van der Waals surface area contributed by atoms with Crippen molar-refractivity contribution in [2.45, 2.75) is 25.7 Å². The van der Waals surface area contributed by atoms with E-state index in [1.807, 2.05) is 0 Å². The Labute approximate surface area is 78.9 Å². The van der Waals surface area contributed by atoms with Gasteiger partial charge in [0.2, 0.25) is 0 Å². The van der Waals surface area contributed by atoms with Crippen molar-refractivity contribution in [3.63, 3.8) is 0 Å². The molecule has 4 heteroatoms. The Bertz CT molecular complexity index is 161. The fourth-order valence-electron chi connectivity index (χ4n) is 1.58. The molecule has 13 heavy (non-hydrogen) atoms. The zero-order valence-corrected chi connectivity index (χ0v) is 7.95. The molecule has 4 nitrogen and oxygen atoms in total. The van der Waals surface area contributed by atoms with Gasteiger partial charge >= 0.3 is 0 Å². The van der Waals surface area contributed by atoms with Gasteiger partial charge in [-0.15, -0.1) is 0 Å². The van der Waals surface area contributed by atoms with E-state index in [1.165, 1.54) is 0 Å². The lowest BCUT2D eigenvalue weighted by molar-refractivity contribution is 0.237. The summed E-state index contributed by atoms with van der Waals surface area (Å²) in [7, 11) is 0. The maximum absolute atomic E-state index is 8.61. The molecule has 1 aliphatic heterocycles. The maximum Gasteiger partial charge on any atom is 0.0596 e. The molecule has 0 aromatic heterocycles. The molecule has 1 heterocycles. The first kappa shape index (κ1) is 10.5. The molecule has 1 saturated heterocycles. The van der Waals surface area contributed by atoms with Crippen LogP contribution in [-0.4, -0.2) is 47.2 Å². The fraction of sp³-hybridized carbons (Fsp3) is 0.889. The highest BCUT2D eigenvalue weighted by atomic mass is 16.4. The number of hydrogen-bond donors (Lipinski definition) is 2. The highest BCUT2D eigenvalue weighted by Gasteiger charge is 2.14. The quantitative estimate of drug-likeness (QED) is 0.386. The minimum atomic E-state index is 0.289. The molecule has 0 bridgehead atoms. The number of likely N-dealkylation sites (tertiary alicyclic amines) is 1. The second kappa shape index (κ2) is 5.94. The van der Waals surface area contributed by atoms with E-state index >= 15 is 0 Å². The minimum absolute atomic E-state index is 0.289. The summed E-state index contributed by atoms with van der Waals surface area (Å²) in [6.07, 6.45) is 3.71. The Morgan fingerprint density at radius 3 is 2.46 bits per heavy atom. The predicted molar refractivity (Wildman–Crippen MR) is 51.2 cm³/mol. The molecule has 1 rings (SSSR count). The van der Waals surface area contributed by atoms with Gasteiger partial charge in [-0.2, -0.15) is 0 Å². The van der Waals surface area contributed by atoms with Crippen LogP contribution in [0.25, 0.3) is 0 Å². The van der Waals surface area contributed by atoms with Crippen molar-refractivity contribution in [1.29, 1.82) is 0 Å². The fourth-order valence-corrected chi connectivity index (χ4v) is 1.58. The Balaban J connectivity index is 2.10. The van der Waals surface area contributed by atoms with Crippen molar-refractivity contribution < 1.29 is 10.3 Å². The minimum Gasteiger partial charge on any atom is -0.411 e. The largest absolute Gasteiger partial charge is 0.411 e. The topological polar surface area (TPSA) is 56.1 Å². The van der Waals surface area contributed by atoms with Crippen LogP contribution < -0.4 is 0 Å². The van der Waals surface area contributed by atoms with E-state index in [1.54, 1.807) is 0 Å². The van der Waals surface area contributed by atoms with Crippen LogP contribution in [0.2, 0.25) is 0 Å². The molecule has 1 aliphatic rings. The molecule has 0 amide bonds. The zero-order valence-electron chi connectivity index (χ0n) is 7.95. The van der Waals surface area contributed by atoms with E-state index in [4.69, 9.17) is 10.3 Å². The van der Waals surface area contributed by atoms with Crippen LogP contribution in [0, 0.1) is 0 Å². The molecule has 0 aromatic rings. The molecule has 0 spiro atoms. The zero-order chi connectivity index (χ0) is 9.52. The van der Waals surface area contributed by atoms with Gasteiger partial charge in [0, 0.05) is 32.5 Å². The van der Waals surface area contributed by atoms with Gasteiger partial charge in [-0.25, -0.2) is 0 Å². The summed E-state index contributed by atoms with van der Waals surface area (Å²) in [5.74, 6) is 0. The van der Waals surface area contributed by atoms with E-state index in [0.717, 1.165) is 51.0 Å². The number of aliphatic hydroxyl groups is 1. The molecule has 0 radical (unpaired) electrons. The van der Waals surface area contributed by atoms with E-state index in [9.17, 15) is 0 Å². The third-order valence-electron chi connectivity index (χ3n) is 2.46. The van der Waals surface area contributed by atoms with Crippen LogP contribution in [0.4, 0.5) is 0 Å². The number of oxime groups is 1. The molecule has 0 unspecified atom stereocenters. The lowest BCUT2D eigenvalue weighted by atomic mass is 10.1. The molecule has 0 aromatic carbocycles. The second-order valence-corrected chi connectivity index (χ2v) is 3.44. The van der Waals surface area contributed by atoms with Gasteiger partial charge in [0.1, 0.15) is 0 Å². The van der Waals surface area contributed by atoms with Gasteiger partial charge in [-0.05, 0) is 19.4 Å². The van der Waals surface area contributed by atoms with Gasteiger partial charge < -0.3 is 15.2 Å². The molecule has 76 valence electrons. The second-order valence-electron chi connectivity index (χ2n) is 3.44. The van der Waals surface area contributed by atoms with Gasteiger partial charge in [0.15, 0.2) is 0 Å². The van der Waals surface area contributed by atoms with Crippen molar-refractivity contribution in [3.05, 3.63) is 0 Å². The van der Waals surface area contributed by atoms with Crippen molar-refractivity contribution >= 4 is 5.71 Å². The highest BCUT2D eigenvalue weighted by Crippen LogP contribution is 2.07. The van der Waals surface area contributed by atoms with Crippen LogP contribution in [-0.2, 0) is 0 Å². The predicted octanol–water partition coefficient (Wildman–Crippen LogP) is 0.685. The van der Waals surface area contributed by atoms with Gasteiger partial charge in [0.25, 0.3) is 0 Å². The monoisotopic (exact) mass is 186 g/mol. The molecular weight excluding hydrogens is 168 g/mol. The lowest BCUT2D eigenvalue weighted by Crippen LogP contribution is -2.34. The number of unbranched alkanes of at least 4 members (excludes halogenated alkanes) is 1. The van der Waals surface area contributed by atoms with Crippen molar-refractivity contribution in [2.24, 2.45) is 5.16 Å². The average Bonchev–Trinajstić information content (AvgIpc) is 2.19. The Kier molecular flexibility index (Phi) is 4.78. The van der Waals surface area contributed by atoms with Crippen molar-refractivity contribution in [1.82, 2.24) is 4.90 Å². The van der Waals surface area contributed by atoms with Crippen molar-refractivity contribution in [2.75, 3.05) is 26.2 Å². The van der Waals surface area contributed by atoms with Crippen LogP contribution >= 0.6 is 0 Å². The molecule has 0 saturated carbocycles. The molecule has 2 N–H and O–H groups in total. The summed E-state index contributed by atoms with van der Waals surface area (Å²) in [5, 5.41) is 20.4. The summed E-state index contributed by atoms with van der Waals surface area (Å²) >= 11 is 0. The summed E-state index contributed by atoms with van der Waals surface area (Å²) in [6, 6.07) is 0. The smallest absolute Gasteiger partial charge is 0.0596 e. The van der Waals surface area contributed by atoms with Crippen LogP contribution in [0.15, 0.2) is 5.16 Å². The molecule has 1 fully saturated rings. The normalized spacial score (nSPS) is 19.0. The number of nitrogens with zero attached hydrogens (tertiary/aromatic N) is 2. The van der Waals surface area contributed by atoms with E-state index < -0.39 is 0 Å². The molecule has 0 atom stereocenters. The third kappa shape index (κ3) is 3.74. The number of rotatable bonds is 4. The summed E-state index contributed by atoms with van der Waals surface area (Å²) in [6.45, 7) is 3.33. The van der Waals surface area contributed by atoms with Gasteiger partial charge in [-0.1, -0.05) is 5.16 Å². The Hall–Kier alpha value is -0.610. The molecule has 0 aliphatic carbocycles. The first-order chi connectivity index (χ1) is 6.36. The van der Waals surface area contributed by atoms with Crippen LogP contribution in [0.3, 0.4) is 0 Å². The lowest BCUT2D eigenvalue weighted by Gasteiger charge is -2.26. The first-order valence-electron chi connectivity index (χ1n) is 4.90. The maximum atomic E-state index is 8.61. The average molecular weight is 186 g/mol.